The predicted octanol–water partition coefficient (Wildman–Crippen LogP) is 1.49. The minimum absolute atomic E-state index is 0.406. The summed E-state index contributed by atoms with van der Waals surface area (Å²) in [4.78, 5) is 2.40. The van der Waals surface area contributed by atoms with E-state index in [1.54, 1.807) is 7.11 Å². The van der Waals surface area contributed by atoms with E-state index in [0.29, 0.717) is 6.10 Å². The molecule has 1 aliphatic rings. The summed E-state index contributed by atoms with van der Waals surface area (Å²) in [5, 5.41) is 3.53. The molecule has 1 atom stereocenters. The van der Waals surface area contributed by atoms with E-state index in [4.69, 9.17) is 4.74 Å². The van der Waals surface area contributed by atoms with E-state index in [9.17, 15) is 0 Å². The Morgan fingerprint density at radius 2 is 2.13 bits per heavy atom. The molecular formula is C12H26N2O. The Labute approximate surface area is 94.2 Å². The average molecular weight is 214 g/mol. The standard InChI is InChI=1S/C12H26N2O/c1-11(15-3)5-4-9-14(2)10-8-13-12-6-7-12/h11-13H,4-10H2,1-3H3. The maximum absolute atomic E-state index is 5.22. The lowest BCUT2D eigenvalue weighted by atomic mass is 10.2. The van der Waals surface area contributed by atoms with Gasteiger partial charge in [0, 0.05) is 26.2 Å². The van der Waals surface area contributed by atoms with Crippen LogP contribution >= 0.6 is 0 Å². The number of hydrogen-bond acceptors (Lipinski definition) is 3. The zero-order valence-corrected chi connectivity index (χ0v) is 10.5. The Morgan fingerprint density at radius 1 is 1.40 bits per heavy atom. The van der Waals surface area contributed by atoms with Gasteiger partial charge in [-0.2, -0.15) is 0 Å². The van der Waals surface area contributed by atoms with Crippen LogP contribution in [0.1, 0.15) is 32.6 Å². The fourth-order valence-electron chi connectivity index (χ4n) is 1.63. The summed E-state index contributed by atoms with van der Waals surface area (Å²) < 4.78 is 5.22. The molecular weight excluding hydrogens is 188 g/mol. The Kier molecular flexibility index (Phi) is 6.22. The number of nitrogens with zero attached hydrogens (tertiary/aromatic N) is 1. The van der Waals surface area contributed by atoms with Crippen molar-refractivity contribution in [3.8, 4) is 0 Å². The van der Waals surface area contributed by atoms with Crippen molar-refractivity contribution in [2.45, 2.75) is 44.8 Å². The summed E-state index contributed by atoms with van der Waals surface area (Å²) in [6.07, 6.45) is 5.57. The van der Waals surface area contributed by atoms with E-state index in [1.807, 2.05) is 0 Å². The predicted molar refractivity (Wildman–Crippen MR) is 64.2 cm³/mol. The molecule has 3 heteroatoms. The van der Waals surface area contributed by atoms with E-state index in [2.05, 4.69) is 24.2 Å². The molecule has 0 radical (unpaired) electrons. The van der Waals surface area contributed by atoms with Gasteiger partial charge in [0.2, 0.25) is 0 Å². The lowest BCUT2D eigenvalue weighted by Crippen LogP contribution is -2.31. The Hall–Kier alpha value is -0.120. The molecule has 1 unspecified atom stereocenters. The maximum Gasteiger partial charge on any atom is 0.0543 e. The molecule has 1 fully saturated rings. The van der Waals surface area contributed by atoms with Crippen LogP contribution in [0, 0.1) is 0 Å². The molecule has 0 aromatic rings. The molecule has 0 saturated heterocycles. The molecule has 0 spiro atoms. The number of nitrogens with one attached hydrogen (secondary N) is 1. The number of ether oxygens (including phenoxy) is 1. The monoisotopic (exact) mass is 214 g/mol. The molecule has 0 aromatic carbocycles. The summed E-state index contributed by atoms with van der Waals surface area (Å²) >= 11 is 0. The van der Waals surface area contributed by atoms with Gasteiger partial charge in [-0.15, -0.1) is 0 Å². The molecule has 1 aliphatic carbocycles. The van der Waals surface area contributed by atoms with E-state index in [1.165, 1.54) is 25.8 Å². The zero-order chi connectivity index (χ0) is 11.1. The van der Waals surface area contributed by atoms with Gasteiger partial charge in [-0.05, 0) is 46.2 Å². The molecule has 0 aliphatic heterocycles. The van der Waals surface area contributed by atoms with Gasteiger partial charge < -0.3 is 15.0 Å². The van der Waals surface area contributed by atoms with E-state index < -0.39 is 0 Å². The van der Waals surface area contributed by atoms with Gasteiger partial charge in [-0.25, -0.2) is 0 Å². The van der Waals surface area contributed by atoms with Gasteiger partial charge in [-0.1, -0.05) is 0 Å². The average Bonchev–Trinajstić information content (AvgIpc) is 3.01. The number of likely N-dealkylation sites (N-methyl/N-ethyl adjacent to an activating group) is 1. The SMILES string of the molecule is COC(C)CCCN(C)CCNC1CC1. The highest BCUT2D eigenvalue weighted by Crippen LogP contribution is 2.17. The van der Waals surface area contributed by atoms with Crippen molar-refractivity contribution >= 4 is 0 Å². The van der Waals surface area contributed by atoms with Crippen molar-refractivity contribution in [1.82, 2.24) is 10.2 Å². The highest BCUT2D eigenvalue weighted by molar-refractivity contribution is 4.80. The Morgan fingerprint density at radius 3 is 2.73 bits per heavy atom. The van der Waals surface area contributed by atoms with Crippen LogP contribution in [-0.4, -0.2) is 50.8 Å². The number of rotatable bonds is 9. The zero-order valence-electron chi connectivity index (χ0n) is 10.5. The largest absolute Gasteiger partial charge is 0.382 e. The quantitative estimate of drug-likeness (QED) is 0.629. The first kappa shape index (κ1) is 12.9. The molecule has 1 N–H and O–H groups in total. The van der Waals surface area contributed by atoms with Crippen molar-refractivity contribution in [3.63, 3.8) is 0 Å². The summed E-state index contributed by atoms with van der Waals surface area (Å²) in [5.41, 5.74) is 0. The van der Waals surface area contributed by atoms with Crippen LogP contribution in [0.15, 0.2) is 0 Å². The third kappa shape index (κ3) is 6.88. The van der Waals surface area contributed by atoms with Gasteiger partial charge in [0.1, 0.15) is 0 Å². The van der Waals surface area contributed by atoms with E-state index in [0.717, 1.165) is 25.6 Å². The summed E-state index contributed by atoms with van der Waals surface area (Å²) in [7, 11) is 3.99. The van der Waals surface area contributed by atoms with Crippen LogP contribution < -0.4 is 5.32 Å². The first-order valence-electron chi connectivity index (χ1n) is 6.17. The van der Waals surface area contributed by atoms with Crippen molar-refractivity contribution in [2.75, 3.05) is 33.8 Å². The van der Waals surface area contributed by atoms with Gasteiger partial charge >= 0.3 is 0 Å². The van der Waals surface area contributed by atoms with Crippen LogP contribution in [-0.2, 0) is 4.74 Å². The minimum Gasteiger partial charge on any atom is -0.382 e. The van der Waals surface area contributed by atoms with Gasteiger partial charge in [-0.3, -0.25) is 0 Å². The second-order valence-electron chi connectivity index (χ2n) is 4.72. The Balaban J connectivity index is 1.85. The minimum atomic E-state index is 0.406. The molecule has 0 aromatic heterocycles. The van der Waals surface area contributed by atoms with Crippen molar-refractivity contribution in [3.05, 3.63) is 0 Å². The van der Waals surface area contributed by atoms with Crippen LogP contribution in [0.2, 0.25) is 0 Å². The third-order valence-corrected chi connectivity index (χ3v) is 3.06. The molecule has 3 nitrogen and oxygen atoms in total. The summed E-state index contributed by atoms with van der Waals surface area (Å²) in [6.45, 7) is 5.62. The van der Waals surface area contributed by atoms with Crippen molar-refractivity contribution in [1.29, 1.82) is 0 Å². The fourth-order valence-corrected chi connectivity index (χ4v) is 1.63. The van der Waals surface area contributed by atoms with Crippen molar-refractivity contribution < 1.29 is 4.74 Å². The number of hydrogen-bond donors (Lipinski definition) is 1. The van der Waals surface area contributed by atoms with E-state index in [-0.39, 0.29) is 0 Å². The topological polar surface area (TPSA) is 24.5 Å². The van der Waals surface area contributed by atoms with Crippen molar-refractivity contribution in [2.24, 2.45) is 0 Å². The number of methoxy groups -OCH3 is 1. The maximum atomic E-state index is 5.22. The van der Waals surface area contributed by atoms with Gasteiger partial charge in [0.15, 0.2) is 0 Å². The van der Waals surface area contributed by atoms with Crippen LogP contribution in [0.5, 0.6) is 0 Å². The first-order chi connectivity index (χ1) is 7.22. The van der Waals surface area contributed by atoms with Gasteiger partial charge in [0.05, 0.1) is 6.10 Å². The second-order valence-corrected chi connectivity index (χ2v) is 4.72. The summed E-state index contributed by atoms with van der Waals surface area (Å²) in [5.74, 6) is 0. The second kappa shape index (κ2) is 7.20. The molecule has 90 valence electrons. The van der Waals surface area contributed by atoms with Crippen LogP contribution in [0.4, 0.5) is 0 Å². The molecule has 0 heterocycles. The van der Waals surface area contributed by atoms with Crippen LogP contribution in [0.25, 0.3) is 0 Å². The highest BCUT2D eigenvalue weighted by Gasteiger charge is 2.19. The lowest BCUT2D eigenvalue weighted by Gasteiger charge is -2.17. The Bertz CT molecular complexity index is 160. The lowest BCUT2D eigenvalue weighted by molar-refractivity contribution is 0.106. The normalized spacial score (nSPS) is 18.4. The van der Waals surface area contributed by atoms with Crippen LogP contribution in [0.3, 0.4) is 0 Å². The summed E-state index contributed by atoms with van der Waals surface area (Å²) in [6, 6.07) is 0.840. The smallest absolute Gasteiger partial charge is 0.0543 e. The molecule has 1 rings (SSSR count). The third-order valence-electron chi connectivity index (χ3n) is 3.06. The molecule has 0 amide bonds. The van der Waals surface area contributed by atoms with Gasteiger partial charge in [0.25, 0.3) is 0 Å². The first-order valence-corrected chi connectivity index (χ1v) is 6.17. The van der Waals surface area contributed by atoms with E-state index >= 15 is 0 Å². The molecule has 15 heavy (non-hydrogen) atoms. The highest BCUT2D eigenvalue weighted by atomic mass is 16.5. The molecule has 0 bridgehead atoms. The fraction of sp³-hybridized carbons (Fsp3) is 1.00. The molecule has 1 saturated carbocycles.